The Kier molecular flexibility index (Phi) is 7.95. The molecule has 4 aliphatic rings. The molecule has 0 radical (unpaired) electrons. The molecule has 0 unspecified atom stereocenters. The number of rotatable bonds is 0. The highest BCUT2D eigenvalue weighted by molar-refractivity contribution is 5.54. The molecule has 0 saturated heterocycles. The Morgan fingerprint density at radius 3 is 2.42 bits per heavy atom. The monoisotopic (exact) mass is 468 g/mol. The molecule has 3 aromatic carbocycles. The highest BCUT2D eigenvalue weighted by Gasteiger charge is 2.10. The van der Waals surface area contributed by atoms with Crippen molar-refractivity contribution in [2.75, 3.05) is 0 Å². The predicted octanol–water partition coefficient (Wildman–Crippen LogP) is 7.11. The Hall–Kier alpha value is -4.04. The van der Waals surface area contributed by atoms with Crippen LogP contribution in [0.2, 0.25) is 0 Å². The SMILES string of the molecule is C1=CC=CCC=C1.C1=Cc2ccccc2CN=N1.C1=c2ccc3c(c2CCC1)CC=c1ccccc1=3. The van der Waals surface area contributed by atoms with E-state index in [-0.39, 0.29) is 0 Å². The van der Waals surface area contributed by atoms with Crippen molar-refractivity contribution < 1.29 is 0 Å². The van der Waals surface area contributed by atoms with Gasteiger partial charge in [0.15, 0.2) is 0 Å². The summed E-state index contributed by atoms with van der Waals surface area (Å²) in [6.07, 6.45) is 26.9. The number of hydrogen-bond acceptors (Lipinski definition) is 2. The van der Waals surface area contributed by atoms with Gasteiger partial charge in [-0.05, 0) is 81.3 Å². The lowest BCUT2D eigenvalue weighted by molar-refractivity contribution is 0.824. The fourth-order valence-corrected chi connectivity index (χ4v) is 4.99. The van der Waals surface area contributed by atoms with E-state index in [0.29, 0.717) is 6.54 Å². The van der Waals surface area contributed by atoms with E-state index >= 15 is 0 Å². The molecule has 0 N–H and O–H groups in total. The molecular formula is C34H32N2. The van der Waals surface area contributed by atoms with Crippen molar-refractivity contribution in [1.29, 1.82) is 0 Å². The van der Waals surface area contributed by atoms with Crippen LogP contribution in [0.4, 0.5) is 0 Å². The largest absolute Gasteiger partial charge is 0.184 e. The second-order valence-corrected chi connectivity index (χ2v) is 9.16. The Labute approximate surface area is 213 Å². The maximum absolute atomic E-state index is 3.95. The van der Waals surface area contributed by atoms with E-state index in [0.717, 1.165) is 12.8 Å². The van der Waals surface area contributed by atoms with Crippen molar-refractivity contribution in [3.8, 4) is 0 Å². The summed E-state index contributed by atoms with van der Waals surface area (Å²) in [5.41, 5.74) is 5.63. The molecule has 2 nitrogen and oxygen atoms in total. The minimum absolute atomic E-state index is 0.698. The van der Waals surface area contributed by atoms with Crippen molar-refractivity contribution in [3.63, 3.8) is 0 Å². The summed E-state index contributed by atoms with van der Waals surface area (Å²) < 4.78 is 0. The first-order valence-electron chi connectivity index (χ1n) is 12.9. The van der Waals surface area contributed by atoms with Crippen LogP contribution in [0.1, 0.15) is 41.5 Å². The van der Waals surface area contributed by atoms with Gasteiger partial charge in [-0.1, -0.05) is 109 Å². The predicted molar refractivity (Wildman–Crippen MR) is 151 cm³/mol. The first kappa shape index (κ1) is 23.7. The van der Waals surface area contributed by atoms with E-state index in [1.54, 1.807) is 17.3 Å². The fraction of sp³-hybridized carbons (Fsp3) is 0.176. The molecule has 2 heteroatoms. The molecule has 0 atom stereocenters. The van der Waals surface area contributed by atoms with Gasteiger partial charge in [0.1, 0.15) is 0 Å². The zero-order valence-corrected chi connectivity index (χ0v) is 20.7. The maximum Gasteiger partial charge on any atom is 0.0859 e. The van der Waals surface area contributed by atoms with Gasteiger partial charge in [-0.15, -0.1) is 0 Å². The van der Waals surface area contributed by atoms with E-state index in [1.807, 2.05) is 30.4 Å². The summed E-state index contributed by atoms with van der Waals surface area (Å²) in [7, 11) is 0. The average Bonchev–Trinajstić information content (AvgIpc) is 3.39. The standard InChI is InChI=1S/C18H16.C9H8N2.C7H8/c1-3-7-15-13(5-1)9-11-18-16-8-4-2-6-14(16)10-12-17(15)18;1-2-4-9-7-11-10-6-5-8(9)3-1;1-2-4-6-7-5-3-1/h1,3,5-7,9-10,12H,2,4,8,11H2;1-6H,7H2;1-6H,7H2. The van der Waals surface area contributed by atoms with Crippen LogP contribution in [0.15, 0.2) is 114 Å². The third-order valence-electron chi connectivity index (χ3n) is 6.82. The third-order valence-corrected chi connectivity index (χ3v) is 6.82. The molecule has 0 saturated carbocycles. The molecule has 1 heterocycles. The van der Waals surface area contributed by atoms with Crippen molar-refractivity contribution in [3.05, 3.63) is 146 Å². The quantitative estimate of drug-likeness (QED) is 0.336. The van der Waals surface area contributed by atoms with Crippen molar-refractivity contribution in [2.45, 2.75) is 38.6 Å². The van der Waals surface area contributed by atoms with Crippen molar-refractivity contribution >= 4 is 18.2 Å². The smallest absolute Gasteiger partial charge is 0.0859 e. The minimum Gasteiger partial charge on any atom is -0.184 e. The Morgan fingerprint density at radius 1 is 0.667 bits per heavy atom. The molecule has 36 heavy (non-hydrogen) atoms. The zero-order chi connectivity index (χ0) is 24.4. The van der Waals surface area contributed by atoms with Gasteiger partial charge < -0.3 is 0 Å². The lowest BCUT2D eigenvalue weighted by Crippen LogP contribution is -2.19. The molecule has 7 rings (SSSR count). The van der Waals surface area contributed by atoms with Crippen LogP contribution in [-0.4, -0.2) is 0 Å². The van der Waals surface area contributed by atoms with Gasteiger partial charge in [-0.2, -0.15) is 10.2 Å². The van der Waals surface area contributed by atoms with E-state index in [9.17, 15) is 0 Å². The van der Waals surface area contributed by atoms with E-state index in [2.05, 4.69) is 95.2 Å². The van der Waals surface area contributed by atoms with Gasteiger partial charge in [-0.25, -0.2) is 0 Å². The van der Waals surface area contributed by atoms with Gasteiger partial charge in [0.25, 0.3) is 0 Å². The summed E-state index contributed by atoms with van der Waals surface area (Å²) in [6, 6.07) is 21.6. The second kappa shape index (κ2) is 12.1. The zero-order valence-electron chi connectivity index (χ0n) is 20.7. The number of azo groups is 1. The third kappa shape index (κ3) is 5.78. The Bertz CT molecular complexity index is 1570. The Balaban J connectivity index is 0.000000126. The van der Waals surface area contributed by atoms with Crippen molar-refractivity contribution in [2.24, 2.45) is 10.2 Å². The summed E-state index contributed by atoms with van der Waals surface area (Å²) >= 11 is 0. The molecule has 0 amide bonds. The molecule has 1 aliphatic heterocycles. The van der Waals surface area contributed by atoms with Gasteiger partial charge in [0, 0.05) is 6.20 Å². The molecule has 0 aromatic heterocycles. The molecule has 3 aromatic rings. The van der Waals surface area contributed by atoms with Crippen LogP contribution in [0.25, 0.3) is 18.2 Å². The number of fused-ring (bicyclic) bond motifs is 5. The van der Waals surface area contributed by atoms with Crippen LogP contribution < -0.4 is 10.4 Å². The molecule has 0 spiro atoms. The van der Waals surface area contributed by atoms with E-state index in [1.165, 1.54) is 51.3 Å². The van der Waals surface area contributed by atoms with Crippen LogP contribution in [0.5, 0.6) is 0 Å². The lowest BCUT2D eigenvalue weighted by Gasteiger charge is -2.16. The average molecular weight is 469 g/mol. The number of benzene rings is 3. The molecule has 0 bridgehead atoms. The number of allylic oxidation sites excluding steroid dienone is 6. The molecule has 3 aliphatic carbocycles. The van der Waals surface area contributed by atoms with Crippen LogP contribution >= 0.6 is 0 Å². The maximum atomic E-state index is 3.95. The topological polar surface area (TPSA) is 24.7 Å². The van der Waals surface area contributed by atoms with E-state index < -0.39 is 0 Å². The van der Waals surface area contributed by atoms with Crippen LogP contribution in [0, 0.1) is 10.4 Å². The summed E-state index contributed by atoms with van der Waals surface area (Å²) in [5, 5.41) is 13.5. The second-order valence-electron chi connectivity index (χ2n) is 9.16. The van der Waals surface area contributed by atoms with Crippen molar-refractivity contribution in [1.82, 2.24) is 0 Å². The van der Waals surface area contributed by atoms with Crippen LogP contribution in [0.3, 0.4) is 0 Å². The highest BCUT2D eigenvalue weighted by Crippen LogP contribution is 2.17. The van der Waals surface area contributed by atoms with Gasteiger partial charge in [-0.3, -0.25) is 0 Å². The summed E-state index contributed by atoms with van der Waals surface area (Å²) in [6.45, 7) is 0.698. The first-order chi connectivity index (χ1) is 17.9. The lowest BCUT2D eigenvalue weighted by atomic mass is 9.89. The van der Waals surface area contributed by atoms with Gasteiger partial charge >= 0.3 is 0 Å². The summed E-state index contributed by atoms with van der Waals surface area (Å²) in [4.78, 5) is 0. The molecular weight excluding hydrogens is 436 g/mol. The normalized spacial score (nSPS) is 15.6. The highest BCUT2D eigenvalue weighted by atomic mass is 15.1. The molecule has 178 valence electrons. The van der Waals surface area contributed by atoms with E-state index in [4.69, 9.17) is 0 Å². The minimum atomic E-state index is 0.698. The Morgan fingerprint density at radius 2 is 1.50 bits per heavy atom. The van der Waals surface area contributed by atoms with Crippen LogP contribution in [-0.2, 0) is 19.4 Å². The van der Waals surface area contributed by atoms with Gasteiger partial charge in [0.2, 0.25) is 0 Å². The fourth-order valence-electron chi connectivity index (χ4n) is 4.99. The molecule has 0 fully saturated rings. The number of nitrogens with zero attached hydrogens (tertiary/aromatic N) is 2. The van der Waals surface area contributed by atoms with Gasteiger partial charge in [0.05, 0.1) is 6.54 Å². The first-order valence-corrected chi connectivity index (χ1v) is 12.9. The number of hydrogen-bond donors (Lipinski definition) is 0. The summed E-state index contributed by atoms with van der Waals surface area (Å²) in [5.74, 6) is 0.